The summed E-state index contributed by atoms with van der Waals surface area (Å²) in [6.07, 6.45) is 9.90. The van der Waals surface area contributed by atoms with Crippen molar-refractivity contribution >= 4 is 5.78 Å². The second-order valence-electron chi connectivity index (χ2n) is 1.96. The van der Waals surface area contributed by atoms with Gasteiger partial charge in [0.25, 0.3) is 0 Å². The third-order valence-corrected chi connectivity index (χ3v) is 0.905. The van der Waals surface area contributed by atoms with Gasteiger partial charge in [-0.3, -0.25) is 4.79 Å². The van der Waals surface area contributed by atoms with Crippen molar-refractivity contribution in [3.8, 4) is 12.3 Å². The minimum Gasteiger partial charge on any atom is -0.295 e. The van der Waals surface area contributed by atoms with Crippen molar-refractivity contribution in [1.82, 2.24) is 0 Å². The van der Waals surface area contributed by atoms with Crippen LogP contribution in [0.3, 0.4) is 0 Å². The average molecular weight is 134 g/mol. The summed E-state index contributed by atoms with van der Waals surface area (Å²) >= 11 is 0. The fourth-order valence-corrected chi connectivity index (χ4v) is 0.376. The molecule has 0 aliphatic rings. The number of hydrogen-bond acceptors (Lipinski definition) is 1. The lowest BCUT2D eigenvalue weighted by molar-refractivity contribution is -0.112. The number of rotatable bonds is 2. The van der Waals surface area contributed by atoms with Crippen molar-refractivity contribution < 1.29 is 4.79 Å². The summed E-state index contributed by atoms with van der Waals surface area (Å²) in [4.78, 5) is 10.3. The Morgan fingerprint density at radius 3 is 2.50 bits per heavy atom. The Bertz CT molecular complexity index is 213. The molecule has 0 rings (SSSR count). The first kappa shape index (κ1) is 8.71. The molecule has 0 aliphatic carbocycles. The van der Waals surface area contributed by atoms with Gasteiger partial charge in [0.2, 0.25) is 0 Å². The molecule has 0 fully saturated rings. The molecule has 0 aromatic carbocycles. The van der Waals surface area contributed by atoms with Crippen LogP contribution in [0.15, 0.2) is 23.8 Å². The summed E-state index contributed by atoms with van der Waals surface area (Å²) in [5, 5.41) is 0. The van der Waals surface area contributed by atoms with Crippen molar-refractivity contribution in [1.29, 1.82) is 0 Å². The van der Waals surface area contributed by atoms with Crippen LogP contribution in [-0.4, -0.2) is 5.78 Å². The standard InChI is InChI=1S/C9H10O/c1-4-8(2)6-5-7-9(3)10/h1,5-7H,2-3H3/b7-5+,8-6-. The van der Waals surface area contributed by atoms with Crippen molar-refractivity contribution in [2.24, 2.45) is 0 Å². The van der Waals surface area contributed by atoms with Crippen molar-refractivity contribution in [3.05, 3.63) is 23.8 Å². The summed E-state index contributed by atoms with van der Waals surface area (Å²) in [5.41, 5.74) is 0.817. The summed E-state index contributed by atoms with van der Waals surface area (Å²) in [7, 11) is 0. The number of carbonyl (C=O) groups is 1. The average Bonchev–Trinajstić information content (AvgIpc) is 1.87. The molecule has 0 aliphatic heterocycles. The lowest BCUT2D eigenvalue weighted by Crippen LogP contribution is -1.77. The SMILES string of the molecule is C#C/C(C)=C\C=C\C(C)=O. The van der Waals surface area contributed by atoms with Crippen LogP contribution in [0, 0.1) is 12.3 Å². The Morgan fingerprint density at radius 2 is 2.10 bits per heavy atom. The van der Waals surface area contributed by atoms with E-state index in [9.17, 15) is 4.79 Å². The third-order valence-electron chi connectivity index (χ3n) is 0.905. The molecule has 0 N–H and O–H groups in total. The summed E-state index contributed by atoms with van der Waals surface area (Å²) < 4.78 is 0. The summed E-state index contributed by atoms with van der Waals surface area (Å²) in [6.45, 7) is 3.31. The predicted octanol–water partition coefficient (Wildman–Crippen LogP) is 1.71. The highest BCUT2D eigenvalue weighted by Crippen LogP contribution is 1.88. The zero-order valence-electron chi connectivity index (χ0n) is 6.22. The van der Waals surface area contributed by atoms with Gasteiger partial charge in [-0.15, -0.1) is 6.42 Å². The molecule has 0 bridgehead atoms. The van der Waals surface area contributed by atoms with Gasteiger partial charge in [0.05, 0.1) is 0 Å². The van der Waals surface area contributed by atoms with Gasteiger partial charge in [-0.05, 0) is 25.5 Å². The van der Waals surface area contributed by atoms with Gasteiger partial charge in [0.15, 0.2) is 5.78 Å². The van der Waals surface area contributed by atoms with Gasteiger partial charge in [-0.25, -0.2) is 0 Å². The van der Waals surface area contributed by atoms with E-state index in [2.05, 4.69) is 5.92 Å². The van der Waals surface area contributed by atoms with E-state index in [1.807, 2.05) is 6.92 Å². The van der Waals surface area contributed by atoms with Crippen LogP contribution < -0.4 is 0 Å². The lowest BCUT2D eigenvalue weighted by Gasteiger charge is -1.80. The molecule has 0 radical (unpaired) electrons. The Balaban J connectivity index is 3.98. The molecule has 0 aromatic rings. The van der Waals surface area contributed by atoms with E-state index in [0.717, 1.165) is 5.57 Å². The van der Waals surface area contributed by atoms with Crippen LogP contribution >= 0.6 is 0 Å². The number of carbonyl (C=O) groups excluding carboxylic acids is 1. The van der Waals surface area contributed by atoms with Gasteiger partial charge in [0.1, 0.15) is 0 Å². The summed E-state index contributed by atoms with van der Waals surface area (Å²) in [6, 6.07) is 0. The van der Waals surface area contributed by atoms with Gasteiger partial charge >= 0.3 is 0 Å². The molecule has 1 nitrogen and oxygen atoms in total. The zero-order valence-corrected chi connectivity index (χ0v) is 6.22. The van der Waals surface area contributed by atoms with Crippen molar-refractivity contribution in [2.75, 3.05) is 0 Å². The molecule has 0 atom stereocenters. The molecule has 0 amide bonds. The monoisotopic (exact) mass is 134 g/mol. The largest absolute Gasteiger partial charge is 0.295 e. The highest BCUT2D eigenvalue weighted by Gasteiger charge is 1.78. The molecule has 0 saturated carbocycles. The first-order valence-electron chi connectivity index (χ1n) is 2.99. The number of allylic oxidation sites excluding steroid dienone is 4. The van der Waals surface area contributed by atoms with Crippen molar-refractivity contribution in [3.63, 3.8) is 0 Å². The quantitative estimate of drug-likeness (QED) is 0.319. The number of ketones is 1. The first-order chi connectivity index (χ1) is 4.66. The van der Waals surface area contributed by atoms with Gasteiger partial charge in [-0.2, -0.15) is 0 Å². The van der Waals surface area contributed by atoms with E-state index >= 15 is 0 Å². The highest BCUT2D eigenvalue weighted by atomic mass is 16.1. The topological polar surface area (TPSA) is 17.1 Å². The minimum absolute atomic E-state index is 0.0288. The maximum atomic E-state index is 10.3. The van der Waals surface area contributed by atoms with Crippen LogP contribution in [0.4, 0.5) is 0 Å². The molecule has 0 heterocycles. The fourth-order valence-electron chi connectivity index (χ4n) is 0.376. The van der Waals surface area contributed by atoms with Crippen LogP contribution in [-0.2, 0) is 4.79 Å². The molecular formula is C9H10O. The van der Waals surface area contributed by atoms with E-state index in [0.29, 0.717) is 0 Å². The van der Waals surface area contributed by atoms with E-state index in [1.54, 1.807) is 12.2 Å². The first-order valence-corrected chi connectivity index (χ1v) is 2.99. The van der Waals surface area contributed by atoms with E-state index in [-0.39, 0.29) is 5.78 Å². The maximum Gasteiger partial charge on any atom is 0.152 e. The molecule has 0 saturated heterocycles. The van der Waals surface area contributed by atoms with E-state index in [4.69, 9.17) is 6.42 Å². The summed E-state index contributed by atoms with van der Waals surface area (Å²) in [5.74, 6) is 2.47. The molecule has 52 valence electrons. The van der Waals surface area contributed by atoms with Gasteiger partial charge < -0.3 is 0 Å². The molecule has 0 spiro atoms. The van der Waals surface area contributed by atoms with Crippen LogP contribution in [0.1, 0.15) is 13.8 Å². The maximum absolute atomic E-state index is 10.3. The Hall–Kier alpha value is -1.29. The molecular weight excluding hydrogens is 124 g/mol. The van der Waals surface area contributed by atoms with Crippen molar-refractivity contribution in [2.45, 2.75) is 13.8 Å². The third kappa shape index (κ3) is 4.86. The highest BCUT2D eigenvalue weighted by molar-refractivity contribution is 5.87. The smallest absolute Gasteiger partial charge is 0.152 e. The Kier molecular flexibility index (Phi) is 3.99. The van der Waals surface area contributed by atoms with Crippen LogP contribution in [0.2, 0.25) is 0 Å². The van der Waals surface area contributed by atoms with Crippen LogP contribution in [0.25, 0.3) is 0 Å². The predicted molar refractivity (Wildman–Crippen MR) is 42.4 cm³/mol. The number of terminal acetylenes is 1. The fraction of sp³-hybridized carbons (Fsp3) is 0.222. The second kappa shape index (κ2) is 4.58. The minimum atomic E-state index is 0.0288. The van der Waals surface area contributed by atoms with Gasteiger partial charge in [0, 0.05) is 0 Å². The Labute approximate surface area is 61.4 Å². The molecule has 0 unspecified atom stereocenters. The normalized spacial score (nSPS) is 11.5. The molecule has 1 heteroatoms. The zero-order chi connectivity index (χ0) is 7.98. The molecule has 10 heavy (non-hydrogen) atoms. The number of hydrogen-bond donors (Lipinski definition) is 0. The molecule has 0 aromatic heterocycles. The lowest BCUT2D eigenvalue weighted by atomic mass is 10.3. The van der Waals surface area contributed by atoms with Crippen LogP contribution in [0.5, 0.6) is 0 Å². The van der Waals surface area contributed by atoms with E-state index in [1.165, 1.54) is 13.0 Å². The van der Waals surface area contributed by atoms with E-state index < -0.39 is 0 Å². The van der Waals surface area contributed by atoms with Gasteiger partial charge in [-0.1, -0.05) is 18.1 Å². The Morgan fingerprint density at radius 1 is 1.50 bits per heavy atom. The second-order valence-corrected chi connectivity index (χ2v) is 1.96.